The van der Waals surface area contributed by atoms with Crippen molar-refractivity contribution in [1.29, 1.82) is 0 Å². The van der Waals surface area contributed by atoms with Crippen LogP contribution in [0.5, 0.6) is 0 Å². The Morgan fingerprint density at radius 2 is 1.67 bits per heavy atom. The first-order valence-corrected chi connectivity index (χ1v) is 5.97. The zero-order valence-corrected chi connectivity index (χ0v) is 10.5. The SMILES string of the molecule is Cc1cc(C)cc(-c2nc(Cl)sc2C)c1. The molecule has 0 saturated carbocycles. The van der Waals surface area contributed by atoms with E-state index in [4.69, 9.17) is 11.6 Å². The van der Waals surface area contributed by atoms with Crippen LogP contribution in [0.25, 0.3) is 11.3 Å². The van der Waals surface area contributed by atoms with Gasteiger partial charge in [0.25, 0.3) is 0 Å². The van der Waals surface area contributed by atoms with Crippen LogP contribution < -0.4 is 0 Å². The molecule has 3 heteroatoms. The molecular weight excluding hydrogens is 226 g/mol. The number of hydrogen-bond donors (Lipinski definition) is 0. The van der Waals surface area contributed by atoms with Crippen molar-refractivity contribution in [2.45, 2.75) is 20.8 Å². The summed E-state index contributed by atoms with van der Waals surface area (Å²) in [5.41, 5.74) is 4.69. The molecule has 1 heterocycles. The smallest absolute Gasteiger partial charge is 0.184 e. The Morgan fingerprint density at radius 3 is 2.13 bits per heavy atom. The Morgan fingerprint density at radius 1 is 1.07 bits per heavy atom. The Bertz CT molecular complexity index is 482. The number of thiazole rings is 1. The molecule has 0 aliphatic heterocycles. The lowest BCUT2D eigenvalue weighted by atomic mass is 10.0. The van der Waals surface area contributed by atoms with Crippen LogP contribution in [0.4, 0.5) is 0 Å². The minimum absolute atomic E-state index is 0.613. The summed E-state index contributed by atoms with van der Waals surface area (Å²) >= 11 is 7.43. The Kier molecular flexibility index (Phi) is 2.81. The van der Waals surface area contributed by atoms with Gasteiger partial charge in [-0.1, -0.05) is 28.8 Å². The molecule has 2 rings (SSSR count). The van der Waals surface area contributed by atoms with Crippen LogP contribution in [-0.4, -0.2) is 4.98 Å². The van der Waals surface area contributed by atoms with Gasteiger partial charge < -0.3 is 0 Å². The number of hydrogen-bond acceptors (Lipinski definition) is 2. The van der Waals surface area contributed by atoms with Gasteiger partial charge in [-0.05, 0) is 32.9 Å². The number of benzene rings is 1. The standard InChI is InChI=1S/C12H12ClNS/c1-7-4-8(2)6-10(5-7)11-9(3)15-12(13)14-11/h4-6H,1-3H3. The molecule has 0 atom stereocenters. The van der Waals surface area contributed by atoms with E-state index in [0.29, 0.717) is 4.47 Å². The van der Waals surface area contributed by atoms with E-state index in [-0.39, 0.29) is 0 Å². The number of nitrogens with zero attached hydrogens (tertiary/aromatic N) is 1. The second kappa shape index (κ2) is 3.95. The summed E-state index contributed by atoms with van der Waals surface area (Å²) in [5, 5.41) is 0. The highest BCUT2D eigenvalue weighted by Gasteiger charge is 2.08. The summed E-state index contributed by atoms with van der Waals surface area (Å²) in [6, 6.07) is 6.45. The first kappa shape index (κ1) is 10.7. The molecule has 0 aliphatic rings. The van der Waals surface area contributed by atoms with Crippen LogP contribution in [0.3, 0.4) is 0 Å². The van der Waals surface area contributed by atoms with E-state index >= 15 is 0 Å². The van der Waals surface area contributed by atoms with Crippen molar-refractivity contribution in [3.63, 3.8) is 0 Å². The van der Waals surface area contributed by atoms with Crippen LogP contribution in [-0.2, 0) is 0 Å². The largest absolute Gasteiger partial charge is 0.225 e. The molecule has 2 aromatic rings. The molecule has 1 aromatic carbocycles. The van der Waals surface area contributed by atoms with Crippen LogP contribution in [0.2, 0.25) is 4.47 Å². The highest BCUT2D eigenvalue weighted by Crippen LogP contribution is 2.30. The Balaban J connectivity index is 2.58. The van der Waals surface area contributed by atoms with E-state index in [2.05, 4.69) is 44.0 Å². The average Bonchev–Trinajstić information content (AvgIpc) is 2.43. The van der Waals surface area contributed by atoms with Crippen LogP contribution >= 0.6 is 22.9 Å². The first-order valence-electron chi connectivity index (χ1n) is 4.78. The van der Waals surface area contributed by atoms with E-state index in [1.54, 1.807) is 0 Å². The van der Waals surface area contributed by atoms with Gasteiger partial charge in [-0.2, -0.15) is 0 Å². The van der Waals surface area contributed by atoms with Gasteiger partial charge in [0, 0.05) is 10.4 Å². The minimum atomic E-state index is 0.613. The third-order valence-electron chi connectivity index (χ3n) is 2.27. The van der Waals surface area contributed by atoms with Gasteiger partial charge >= 0.3 is 0 Å². The monoisotopic (exact) mass is 237 g/mol. The molecule has 0 unspecified atom stereocenters. The fourth-order valence-corrected chi connectivity index (χ4v) is 2.82. The van der Waals surface area contributed by atoms with Crippen molar-refractivity contribution in [3.05, 3.63) is 38.7 Å². The summed E-state index contributed by atoms with van der Waals surface area (Å²) in [6.07, 6.45) is 0. The van der Waals surface area contributed by atoms with E-state index in [0.717, 1.165) is 11.3 Å². The van der Waals surface area contributed by atoms with E-state index in [1.165, 1.54) is 27.3 Å². The number of aromatic nitrogens is 1. The van der Waals surface area contributed by atoms with Gasteiger partial charge in [-0.3, -0.25) is 0 Å². The molecule has 0 bridgehead atoms. The van der Waals surface area contributed by atoms with Crippen molar-refractivity contribution in [1.82, 2.24) is 4.98 Å². The molecule has 1 nitrogen and oxygen atoms in total. The molecule has 0 radical (unpaired) electrons. The van der Waals surface area contributed by atoms with E-state index < -0.39 is 0 Å². The van der Waals surface area contributed by atoms with Crippen molar-refractivity contribution in [2.24, 2.45) is 0 Å². The molecule has 0 spiro atoms. The molecule has 15 heavy (non-hydrogen) atoms. The molecule has 1 aromatic heterocycles. The number of rotatable bonds is 1. The average molecular weight is 238 g/mol. The minimum Gasteiger partial charge on any atom is -0.225 e. The van der Waals surface area contributed by atoms with Crippen LogP contribution in [0, 0.1) is 20.8 Å². The maximum Gasteiger partial charge on any atom is 0.184 e. The predicted octanol–water partition coefficient (Wildman–Crippen LogP) is 4.39. The second-order valence-corrected chi connectivity index (χ2v) is 5.53. The van der Waals surface area contributed by atoms with E-state index in [1.807, 2.05) is 0 Å². The first-order chi connectivity index (χ1) is 7.06. The van der Waals surface area contributed by atoms with Crippen molar-refractivity contribution in [3.8, 4) is 11.3 Å². The fourth-order valence-electron chi connectivity index (χ4n) is 1.74. The lowest BCUT2D eigenvalue weighted by molar-refractivity contribution is 1.33. The third kappa shape index (κ3) is 2.21. The summed E-state index contributed by atoms with van der Waals surface area (Å²) in [7, 11) is 0. The summed E-state index contributed by atoms with van der Waals surface area (Å²) in [4.78, 5) is 5.52. The lowest BCUT2D eigenvalue weighted by Crippen LogP contribution is -1.84. The van der Waals surface area contributed by atoms with Gasteiger partial charge in [0.15, 0.2) is 4.47 Å². The van der Waals surface area contributed by atoms with Crippen molar-refractivity contribution in [2.75, 3.05) is 0 Å². The quantitative estimate of drug-likeness (QED) is 0.717. The molecule has 0 N–H and O–H groups in total. The topological polar surface area (TPSA) is 12.9 Å². The Hall–Kier alpha value is -0.860. The van der Waals surface area contributed by atoms with Gasteiger partial charge in [0.1, 0.15) is 0 Å². The van der Waals surface area contributed by atoms with Gasteiger partial charge in [-0.25, -0.2) is 4.98 Å². The van der Waals surface area contributed by atoms with Crippen molar-refractivity contribution < 1.29 is 0 Å². The van der Waals surface area contributed by atoms with Crippen molar-refractivity contribution >= 4 is 22.9 Å². The van der Waals surface area contributed by atoms with Crippen LogP contribution in [0.1, 0.15) is 16.0 Å². The normalized spacial score (nSPS) is 10.7. The van der Waals surface area contributed by atoms with Gasteiger partial charge in [-0.15, -0.1) is 11.3 Å². The maximum absolute atomic E-state index is 5.90. The number of halogens is 1. The molecule has 0 aliphatic carbocycles. The molecule has 78 valence electrons. The fraction of sp³-hybridized carbons (Fsp3) is 0.250. The zero-order valence-electron chi connectivity index (χ0n) is 8.97. The summed E-state index contributed by atoms with van der Waals surface area (Å²) in [5.74, 6) is 0. The summed E-state index contributed by atoms with van der Waals surface area (Å²) < 4.78 is 0.613. The second-order valence-electron chi connectivity index (χ2n) is 3.75. The molecular formula is C12H12ClNS. The van der Waals surface area contributed by atoms with Crippen LogP contribution in [0.15, 0.2) is 18.2 Å². The van der Waals surface area contributed by atoms with Gasteiger partial charge in [0.2, 0.25) is 0 Å². The highest BCUT2D eigenvalue weighted by molar-refractivity contribution is 7.16. The summed E-state index contributed by atoms with van der Waals surface area (Å²) in [6.45, 7) is 6.25. The maximum atomic E-state index is 5.90. The zero-order chi connectivity index (χ0) is 11.0. The molecule has 0 saturated heterocycles. The molecule has 0 fully saturated rings. The number of aryl methyl sites for hydroxylation is 3. The third-order valence-corrected chi connectivity index (χ3v) is 3.34. The Labute approximate surface area is 98.7 Å². The molecule has 0 amide bonds. The predicted molar refractivity (Wildman–Crippen MR) is 66.8 cm³/mol. The van der Waals surface area contributed by atoms with E-state index in [9.17, 15) is 0 Å². The van der Waals surface area contributed by atoms with Gasteiger partial charge in [0.05, 0.1) is 5.69 Å². The highest BCUT2D eigenvalue weighted by atomic mass is 35.5. The lowest BCUT2D eigenvalue weighted by Gasteiger charge is -2.02.